The predicted octanol–water partition coefficient (Wildman–Crippen LogP) is 3.40. The van der Waals surface area contributed by atoms with Crippen LogP contribution >= 0.6 is 15.9 Å². The molecule has 1 atom stereocenters. The summed E-state index contributed by atoms with van der Waals surface area (Å²) in [5.41, 5.74) is 8.33. The van der Waals surface area contributed by atoms with Crippen molar-refractivity contribution in [3.63, 3.8) is 0 Å². The van der Waals surface area contributed by atoms with Crippen molar-refractivity contribution in [2.75, 3.05) is 0 Å². The Kier molecular flexibility index (Phi) is 2.93. The molecule has 0 radical (unpaired) electrons. The Morgan fingerprint density at radius 1 is 1.27 bits per heavy atom. The minimum Gasteiger partial charge on any atom is -0.467 e. The molecule has 15 heavy (non-hydrogen) atoms. The lowest BCUT2D eigenvalue weighted by molar-refractivity contribution is 0.489. The van der Waals surface area contributed by atoms with Crippen LogP contribution in [0, 0.1) is 6.92 Å². The second-order valence-electron chi connectivity index (χ2n) is 3.47. The Morgan fingerprint density at radius 3 is 2.73 bits per heavy atom. The molecular formula is C12H12BrNO. The first kappa shape index (κ1) is 10.5. The lowest BCUT2D eigenvalue weighted by Crippen LogP contribution is -2.11. The summed E-state index contributed by atoms with van der Waals surface area (Å²) >= 11 is 3.54. The smallest absolute Gasteiger partial charge is 0.125 e. The van der Waals surface area contributed by atoms with Crippen molar-refractivity contribution in [3.05, 3.63) is 58.0 Å². The van der Waals surface area contributed by atoms with Crippen LogP contribution in [0.3, 0.4) is 0 Å². The maximum Gasteiger partial charge on any atom is 0.125 e. The Labute approximate surface area is 97.2 Å². The van der Waals surface area contributed by atoms with Crippen LogP contribution in [0.5, 0.6) is 0 Å². The zero-order chi connectivity index (χ0) is 10.8. The molecule has 2 nitrogen and oxygen atoms in total. The molecule has 2 N–H and O–H groups in total. The Bertz CT molecular complexity index is 451. The number of halogens is 1. The third-order valence-corrected chi connectivity index (χ3v) is 3.49. The molecule has 78 valence electrons. The molecule has 1 aromatic heterocycles. The summed E-state index contributed by atoms with van der Waals surface area (Å²) < 4.78 is 6.35. The van der Waals surface area contributed by atoms with E-state index >= 15 is 0 Å². The summed E-state index contributed by atoms with van der Waals surface area (Å²) in [5, 5.41) is 0. The van der Waals surface area contributed by atoms with Gasteiger partial charge in [0.25, 0.3) is 0 Å². The maximum atomic E-state index is 6.11. The van der Waals surface area contributed by atoms with Crippen LogP contribution in [-0.2, 0) is 0 Å². The molecule has 0 fully saturated rings. The molecule has 1 aromatic carbocycles. The van der Waals surface area contributed by atoms with Crippen molar-refractivity contribution in [1.29, 1.82) is 0 Å². The first-order valence-corrected chi connectivity index (χ1v) is 5.53. The number of aryl methyl sites for hydroxylation is 1. The average molecular weight is 266 g/mol. The van der Waals surface area contributed by atoms with Gasteiger partial charge in [-0.2, -0.15) is 0 Å². The first-order valence-electron chi connectivity index (χ1n) is 4.74. The van der Waals surface area contributed by atoms with Crippen LogP contribution in [0.2, 0.25) is 0 Å². The highest BCUT2D eigenvalue weighted by molar-refractivity contribution is 9.10. The van der Waals surface area contributed by atoms with E-state index in [0.29, 0.717) is 0 Å². The van der Waals surface area contributed by atoms with E-state index in [-0.39, 0.29) is 6.04 Å². The van der Waals surface area contributed by atoms with Crippen LogP contribution in [0.15, 0.2) is 45.5 Å². The minimum atomic E-state index is -0.214. The average Bonchev–Trinajstić information content (AvgIpc) is 2.74. The topological polar surface area (TPSA) is 39.2 Å². The normalized spacial score (nSPS) is 12.7. The second kappa shape index (κ2) is 4.21. The molecule has 0 aliphatic rings. The van der Waals surface area contributed by atoms with Gasteiger partial charge in [0.2, 0.25) is 0 Å². The molecule has 0 amide bonds. The molecule has 1 heterocycles. The summed E-state index contributed by atoms with van der Waals surface area (Å²) in [6, 6.07) is 9.57. The van der Waals surface area contributed by atoms with Crippen molar-refractivity contribution in [2.24, 2.45) is 5.73 Å². The fourth-order valence-electron chi connectivity index (χ4n) is 1.53. The summed E-state index contributed by atoms with van der Waals surface area (Å²) in [6.07, 6.45) is 1.64. The quantitative estimate of drug-likeness (QED) is 0.904. The summed E-state index contributed by atoms with van der Waals surface area (Å²) in [4.78, 5) is 0. The molecule has 0 aliphatic carbocycles. The molecule has 0 bridgehead atoms. The van der Waals surface area contributed by atoms with Gasteiger partial charge in [-0.25, -0.2) is 0 Å². The summed E-state index contributed by atoms with van der Waals surface area (Å²) in [6.45, 7) is 2.04. The van der Waals surface area contributed by atoms with Gasteiger partial charge in [-0.1, -0.05) is 34.1 Å². The minimum absolute atomic E-state index is 0.214. The zero-order valence-electron chi connectivity index (χ0n) is 8.41. The number of rotatable bonds is 2. The number of benzene rings is 1. The fourth-order valence-corrected chi connectivity index (χ4v) is 2.04. The van der Waals surface area contributed by atoms with E-state index < -0.39 is 0 Å². The van der Waals surface area contributed by atoms with Crippen molar-refractivity contribution in [3.8, 4) is 0 Å². The fraction of sp³-hybridized carbons (Fsp3) is 0.167. The van der Waals surface area contributed by atoms with Crippen molar-refractivity contribution in [1.82, 2.24) is 0 Å². The monoisotopic (exact) mass is 265 g/mol. The van der Waals surface area contributed by atoms with E-state index in [2.05, 4.69) is 15.9 Å². The molecular weight excluding hydrogens is 254 g/mol. The summed E-state index contributed by atoms with van der Waals surface area (Å²) in [7, 11) is 0. The van der Waals surface area contributed by atoms with Crippen molar-refractivity contribution >= 4 is 15.9 Å². The lowest BCUT2D eigenvalue weighted by Gasteiger charge is -2.12. The van der Waals surface area contributed by atoms with E-state index in [1.165, 1.54) is 5.56 Å². The van der Waals surface area contributed by atoms with Crippen LogP contribution < -0.4 is 5.73 Å². The van der Waals surface area contributed by atoms with Gasteiger partial charge in [-0.05, 0) is 30.2 Å². The molecule has 0 saturated heterocycles. The number of hydrogen-bond acceptors (Lipinski definition) is 2. The van der Waals surface area contributed by atoms with E-state index in [1.807, 2.05) is 37.3 Å². The van der Waals surface area contributed by atoms with Gasteiger partial charge in [0.1, 0.15) is 5.76 Å². The Balaban J connectivity index is 2.42. The highest BCUT2D eigenvalue weighted by Gasteiger charge is 2.15. The third-order valence-electron chi connectivity index (χ3n) is 2.41. The number of nitrogens with two attached hydrogens (primary N) is 1. The lowest BCUT2D eigenvalue weighted by atomic mass is 10.0. The standard InChI is InChI=1S/C12H12BrNO/c1-8-4-2-5-9(11(8)13)12(14)10-6-3-7-15-10/h2-7,12H,14H2,1H3. The van der Waals surface area contributed by atoms with Gasteiger partial charge in [-0.15, -0.1) is 0 Å². The summed E-state index contributed by atoms with van der Waals surface area (Å²) in [5.74, 6) is 0.779. The van der Waals surface area contributed by atoms with Gasteiger partial charge < -0.3 is 10.2 Å². The van der Waals surface area contributed by atoms with E-state index in [1.54, 1.807) is 6.26 Å². The van der Waals surface area contributed by atoms with Gasteiger partial charge in [0.05, 0.1) is 12.3 Å². The molecule has 2 rings (SSSR count). The highest BCUT2D eigenvalue weighted by Crippen LogP contribution is 2.29. The molecule has 3 heteroatoms. The zero-order valence-corrected chi connectivity index (χ0v) is 9.99. The van der Waals surface area contributed by atoms with Crippen molar-refractivity contribution in [2.45, 2.75) is 13.0 Å². The molecule has 0 spiro atoms. The van der Waals surface area contributed by atoms with Crippen LogP contribution in [0.25, 0.3) is 0 Å². The van der Waals surface area contributed by atoms with E-state index in [9.17, 15) is 0 Å². The largest absolute Gasteiger partial charge is 0.467 e. The van der Waals surface area contributed by atoms with E-state index in [0.717, 1.165) is 15.8 Å². The van der Waals surface area contributed by atoms with E-state index in [4.69, 9.17) is 10.2 Å². The molecule has 0 saturated carbocycles. The van der Waals surface area contributed by atoms with Gasteiger partial charge in [0.15, 0.2) is 0 Å². The van der Waals surface area contributed by atoms with Crippen LogP contribution in [0.1, 0.15) is 22.9 Å². The number of furan rings is 1. The van der Waals surface area contributed by atoms with Gasteiger partial charge >= 0.3 is 0 Å². The van der Waals surface area contributed by atoms with Crippen molar-refractivity contribution < 1.29 is 4.42 Å². The Hall–Kier alpha value is -1.06. The highest BCUT2D eigenvalue weighted by atomic mass is 79.9. The van der Waals surface area contributed by atoms with Gasteiger partial charge in [-0.3, -0.25) is 0 Å². The third kappa shape index (κ3) is 1.98. The first-order chi connectivity index (χ1) is 7.20. The second-order valence-corrected chi connectivity index (χ2v) is 4.26. The molecule has 0 aliphatic heterocycles. The number of hydrogen-bond donors (Lipinski definition) is 1. The predicted molar refractivity (Wildman–Crippen MR) is 63.6 cm³/mol. The molecule has 2 aromatic rings. The van der Waals surface area contributed by atoms with Crippen LogP contribution in [0.4, 0.5) is 0 Å². The molecule has 1 unspecified atom stereocenters. The SMILES string of the molecule is Cc1cccc(C(N)c2ccco2)c1Br. The van der Waals surface area contributed by atoms with Crippen LogP contribution in [-0.4, -0.2) is 0 Å². The maximum absolute atomic E-state index is 6.11. The van der Waals surface area contributed by atoms with Gasteiger partial charge in [0, 0.05) is 4.47 Å². The Morgan fingerprint density at radius 2 is 2.07 bits per heavy atom.